The second-order valence-corrected chi connectivity index (χ2v) is 13.7. The Balaban J connectivity index is 2.32. The molecule has 13 heteroatoms. The Morgan fingerprint density at radius 1 is 1.08 bits per heavy atom. The van der Waals surface area contributed by atoms with Crippen LogP contribution >= 0.6 is 22.5 Å². The molecule has 214 valence electrons. The van der Waals surface area contributed by atoms with E-state index in [0.29, 0.717) is 25.1 Å². The first-order valence-corrected chi connectivity index (χ1v) is 16.5. The van der Waals surface area contributed by atoms with E-state index in [-0.39, 0.29) is 9.79 Å². The molecule has 2 aromatic carbocycles. The van der Waals surface area contributed by atoms with Gasteiger partial charge in [-0.15, -0.1) is 22.5 Å². The summed E-state index contributed by atoms with van der Waals surface area (Å²) in [6.07, 6.45) is 6.35. The molecule has 0 saturated heterocycles. The first-order chi connectivity index (χ1) is 17.7. The smallest absolute Gasteiger partial charge is 0.375 e. The molecule has 0 saturated carbocycles. The predicted octanol–water partition coefficient (Wildman–Crippen LogP) is 7.86. The van der Waals surface area contributed by atoms with E-state index < -0.39 is 37.7 Å². The molecule has 2 aromatic rings. The van der Waals surface area contributed by atoms with Crippen molar-refractivity contribution >= 4 is 44.0 Å². The van der Waals surface area contributed by atoms with Gasteiger partial charge in [0.25, 0.3) is 0 Å². The van der Waals surface area contributed by atoms with Gasteiger partial charge in [0.15, 0.2) is 5.75 Å². The molecule has 1 aliphatic heterocycles. The fourth-order valence-electron chi connectivity index (χ4n) is 4.70. The topological polar surface area (TPSA) is 90.3 Å². The van der Waals surface area contributed by atoms with Crippen LogP contribution in [-0.4, -0.2) is 52.7 Å². The minimum Gasteiger partial charge on any atom is -0.375 e. The van der Waals surface area contributed by atoms with E-state index >= 15 is 0 Å². The Kier molecular flexibility index (Phi) is 9.63. The van der Waals surface area contributed by atoms with E-state index in [2.05, 4.69) is 18.0 Å². The molecule has 0 aliphatic carbocycles. The third-order valence-corrected chi connectivity index (χ3v) is 10.7. The molecular weight excluding hydrogens is 561 g/mol. The standard InChI is InChI=1S/C25H35F3N2O5S3/c1-5-7-14-24(15-8-6-2)18-30(19-12-10-9-11-13-19)20-16-22(36-4)21(35-38(33,34)25(26,27)28)17-23(20)37(31,32)29(24)3/h9-13,16-17,31-32H,5-8,14-15,18H2,1-4H3. The van der Waals surface area contributed by atoms with Crippen molar-refractivity contribution in [1.29, 1.82) is 0 Å². The second-order valence-electron chi connectivity index (χ2n) is 9.32. The lowest BCUT2D eigenvalue weighted by molar-refractivity contribution is -0.0500. The molecule has 0 fully saturated rings. The maximum absolute atomic E-state index is 13.2. The molecule has 0 atom stereocenters. The highest BCUT2D eigenvalue weighted by Crippen LogP contribution is 2.63. The summed E-state index contributed by atoms with van der Waals surface area (Å²) in [5.74, 6) is -0.607. The molecule has 0 aromatic heterocycles. The molecular formula is C25H35F3N2O5S3. The first-order valence-electron chi connectivity index (χ1n) is 12.3. The van der Waals surface area contributed by atoms with Gasteiger partial charge >= 0.3 is 15.6 Å². The Labute approximate surface area is 229 Å². The van der Waals surface area contributed by atoms with E-state index in [0.717, 1.165) is 49.2 Å². The van der Waals surface area contributed by atoms with Crippen molar-refractivity contribution in [2.45, 2.75) is 73.2 Å². The Bertz CT molecular complexity index is 1200. The van der Waals surface area contributed by atoms with Crippen LogP contribution in [0.5, 0.6) is 5.75 Å². The number of hydrogen-bond acceptors (Lipinski definition) is 8. The Hall–Kier alpha value is -1.64. The summed E-state index contributed by atoms with van der Waals surface area (Å²) in [7, 11) is -8.14. The van der Waals surface area contributed by atoms with Gasteiger partial charge in [-0.1, -0.05) is 57.7 Å². The van der Waals surface area contributed by atoms with E-state index in [1.165, 1.54) is 6.07 Å². The zero-order valence-electron chi connectivity index (χ0n) is 21.9. The van der Waals surface area contributed by atoms with Crippen molar-refractivity contribution in [2.24, 2.45) is 0 Å². The number of unbranched alkanes of at least 4 members (excludes halogenated alkanes) is 2. The van der Waals surface area contributed by atoms with Crippen molar-refractivity contribution in [2.75, 3.05) is 24.7 Å². The number of nitrogens with zero attached hydrogens (tertiary/aromatic N) is 2. The number of likely N-dealkylation sites (N-methyl/N-ethyl adjacent to an activating group) is 1. The second kappa shape index (κ2) is 11.8. The van der Waals surface area contributed by atoms with Crippen LogP contribution in [0.2, 0.25) is 0 Å². The highest BCUT2D eigenvalue weighted by molar-refractivity contribution is 8.22. The summed E-state index contributed by atoms with van der Waals surface area (Å²) in [4.78, 5) is 1.97. The molecule has 3 rings (SSSR count). The van der Waals surface area contributed by atoms with Gasteiger partial charge in [0, 0.05) is 25.3 Å². The minimum atomic E-state index is -5.98. The average Bonchev–Trinajstić information content (AvgIpc) is 2.93. The predicted molar refractivity (Wildman–Crippen MR) is 148 cm³/mol. The zero-order valence-corrected chi connectivity index (χ0v) is 24.3. The number of halogens is 3. The van der Waals surface area contributed by atoms with Gasteiger partial charge < -0.3 is 9.08 Å². The number of rotatable bonds is 10. The largest absolute Gasteiger partial charge is 0.534 e. The molecule has 1 heterocycles. The summed E-state index contributed by atoms with van der Waals surface area (Å²) in [6, 6.07) is 11.8. The summed E-state index contributed by atoms with van der Waals surface area (Å²) in [5, 5.41) is 0. The van der Waals surface area contributed by atoms with Crippen molar-refractivity contribution < 1.29 is 34.9 Å². The van der Waals surface area contributed by atoms with Crippen LogP contribution in [0.1, 0.15) is 52.4 Å². The van der Waals surface area contributed by atoms with Crippen molar-refractivity contribution in [3.05, 3.63) is 42.5 Å². The van der Waals surface area contributed by atoms with Crippen LogP contribution in [0, 0.1) is 0 Å². The molecule has 1 aliphatic rings. The summed E-state index contributed by atoms with van der Waals surface area (Å²) >= 11 is 1.00. The number of hydrogen-bond donors (Lipinski definition) is 2. The monoisotopic (exact) mass is 596 g/mol. The third kappa shape index (κ3) is 6.07. The van der Waals surface area contributed by atoms with Gasteiger partial charge in [-0.05, 0) is 37.3 Å². The zero-order chi connectivity index (χ0) is 28.4. The third-order valence-electron chi connectivity index (χ3n) is 6.88. The number of alkyl halides is 3. The fraction of sp³-hybridized carbons (Fsp3) is 0.520. The van der Waals surface area contributed by atoms with Crippen LogP contribution < -0.4 is 9.08 Å². The quantitative estimate of drug-likeness (QED) is 0.163. The van der Waals surface area contributed by atoms with Crippen molar-refractivity contribution in [3.8, 4) is 5.75 Å². The highest BCUT2D eigenvalue weighted by Gasteiger charge is 2.50. The van der Waals surface area contributed by atoms with Crippen LogP contribution in [0.15, 0.2) is 52.3 Å². The molecule has 0 unspecified atom stereocenters. The SMILES string of the molecule is CCCCC1(CCCC)CN(c2ccccc2)c2cc(SC)c(OS(=O)(=O)C(F)(F)F)cc2S(O)(O)N1C. The summed E-state index contributed by atoms with van der Waals surface area (Å²) < 4.78 is 92.8. The normalized spacial score (nSPS) is 18.5. The van der Waals surface area contributed by atoms with Gasteiger partial charge in [-0.25, -0.2) is 0 Å². The van der Waals surface area contributed by atoms with Gasteiger partial charge in [0.05, 0.1) is 16.1 Å². The van der Waals surface area contributed by atoms with Crippen LogP contribution in [0.25, 0.3) is 0 Å². The average molecular weight is 597 g/mol. The highest BCUT2D eigenvalue weighted by atomic mass is 32.3. The number of thioether (sulfide) groups is 1. The van der Waals surface area contributed by atoms with Crippen LogP contribution in [0.3, 0.4) is 0 Å². The fourth-order valence-corrected chi connectivity index (χ4v) is 7.54. The maximum Gasteiger partial charge on any atom is 0.534 e. The van der Waals surface area contributed by atoms with E-state index in [1.54, 1.807) is 17.6 Å². The molecule has 0 amide bonds. The lowest BCUT2D eigenvalue weighted by atomic mass is 9.86. The van der Waals surface area contributed by atoms with E-state index in [9.17, 15) is 30.7 Å². The molecule has 7 nitrogen and oxygen atoms in total. The Morgan fingerprint density at radius 3 is 2.16 bits per heavy atom. The number of benzene rings is 2. The Morgan fingerprint density at radius 2 is 1.66 bits per heavy atom. The number of para-hydroxylation sites is 1. The maximum atomic E-state index is 13.2. The van der Waals surface area contributed by atoms with Crippen molar-refractivity contribution in [1.82, 2.24) is 4.31 Å². The molecule has 0 spiro atoms. The lowest BCUT2D eigenvalue weighted by Gasteiger charge is -2.50. The van der Waals surface area contributed by atoms with Gasteiger partial charge in [0.1, 0.15) is 4.90 Å². The van der Waals surface area contributed by atoms with Gasteiger partial charge in [-0.3, -0.25) is 9.11 Å². The van der Waals surface area contributed by atoms with Crippen LogP contribution in [0.4, 0.5) is 24.5 Å². The lowest BCUT2D eigenvalue weighted by Crippen LogP contribution is -2.52. The number of anilines is 2. The summed E-state index contributed by atoms with van der Waals surface area (Å²) in [6.45, 7) is 4.51. The van der Waals surface area contributed by atoms with Crippen molar-refractivity contribution in [3.63, 3.8) is 0 Å². The van der Waals surface area contributed by atoms with Crippen LogP contribution in [-0.2, 0) is 10.1 Å². The minimum absolute atomic E-state index is 0.0936. The van der Waals surface area contributed by atoms with Gasteiger partial charge in [0.2, 0.25) is 0 Å². The molecule has 2 N–H and O–H groups in total. The molecule has 38 heavy (non-hydrogen) atoms. The van der Waals surface area contributed by atoms with E-state index in [4.69, 9.17) is 0 Å². The van der Waals surface area contributed by atoms with E-state index in [1.807, 2.05) is 35.2 Å². The van der Waals surface area contributed by atoms with Gasteiger partial charge in [-0.2, -0.15) is 25.9 Å². The molecule has 0 radical (unpaired) electrons. The first kappa shape index (κ1) is 30.9. The molecule has 0 bridgehead atoms. The summed E-state index contributed by atoms with van der Waals surface area (Å²) in [5.41, 5.74) is -5.18. The number of fused-ring (bicyclic) bond motifs is 1.